The topological polar surface area (TPSA) is 54.4 Å². The summed E-state index contributed by atoms with van der Waals surface area (Å²) in [7, 11) is -5.30. The van der Waals surface area contributed by atoms with Crippen molar-refractivity contribution in [3.63, 3.8) is 0 Å². The standard InChI is InChI=1S/C16H35O3SSi/c1-14(2)11-21(12-15(3)4,13-16(5)6)10-8-7-9-20(17,18)19/h10,14-16H,7-9,11-13H2,1-6H3,(H,17,18,19). The lowest BCUT2D eigenvalue weighted by Crippen LogP contribution is -2.39. The van der Waals surface area contributed by atoms with Crippen LogP contribution in [0.1, 0.15) is 54.4 Å². The Bertz CT molecular complexity index is 348. The van der Waals surface area contributed by atoms with Crippen LogP contribution in [0, 0.1) is 23.8 Å². The maximum absolute atomic E-state index is 10.8. The van der Waals surface area contributed by atoms with E-state index in [-0.39, 0.29) is 5.75 Å². The molecule has 1 radical (unpaired) electrons. The zero-order chi connectivity index (χ0) is 16.7. The van der Waals surface area contributed by atoms with E-state index in [0.717, 1.165) is 6.42 Å². The predicted octanol–water partition coefficient (Wildman–Crippen LogP) is 4.81. The van der Waals surface area contributed by atoms with Crippen molar-refractivity contribution in [3.05, 3.63) is 6.04 Å². The minimum atomic E-state index is -3.82. The van der Waals surface area contributed by atoms with Gasteiger partial charge in [-0.1, -0.05) is 66.1 Å². The van der Waals surface area contributed by atoms with Crippen LogP contribution < -0.4 is 0 Å². The second-order valence-electron chi connectivity index (χ2n) is 7.79. The number of hydrogen-bond donors (Lipinski definition) is 1. The quantitative estimate of drug-likeness (QED) is 0.335. The summed E-state index contributed by atoms with van der Waals surface area (Å²) in [6.45, 7) is 13.7. The van der Waals surface area contributed by atoms with E-state index in [2.05, 4.69) is 47.6 Å². The Morgan fingerprint density at radius 2 is 1.29 bits per heavy atom. The molecule has 0 amide bonds. The summed E-state index contributed by atoms with van der Waals surface area (Å²) in [5.74, 6) is 1.95. The summed E-state index contributed by atoms with van der Waals surface area (Å²) in [6, 6.07) is 6.35. The zero-order valence-corrected chi connectivity index (χ0v) is 16.5. The molecule has 3 nitrogen and oxygen atoms in total. The van der Waals surface area contributed by atoms with Crippen LogP contribution in [0.15, 0.2) is 0 Å². The maximum Gasteiger partial charge on any atom is 0.264 e. The van der Waals surface area contributed by atoms with E-state index in [1.54, 1.807) is 0 Å². The molecule has 21 heavy (non-hydrogen) atoms. The molecule has 0 aliphatic heterocycles. The lowest BCUT2D eigenvalue weighted by Gasteiger charge is -2.36. The fourth-order valence-corrected chi connectivity index (χ4v) is 10.8. The Labute approximate surface area is 133 Å². The first kappa shape index (κ1) is 21.1. The Balaban J connectivity index is 4.80. The highest BCUT2D eigenvalue weighted by molar-refractivity contribution is 7.85. The van der Waals surface area contributed by atoms with Crippen molar-refractivity contribution in [2.24, 2.45) is 17.8 Å². The first-order chi connectivity index (χ1) is 9.46. The van der Waals surface area contributed by atoms with E-state index < -0.39 is 18.2 Å². The van der Waals surface area contributed by atoms with Crippen LogP contribution in [0.5, 0.6) is 0 Å². The Hall–Kier alpha value is 0.127. The highest BCUT2D eigenvalue weighted by Gasteiger charge is 2.34. The van der Waals surface area contributed by atoms with Gasteiger partial charge < -0.3 is 0 Å². The molecule has 5 heteroatoms. The molecule has 0 saturated carbocycles. The van der Waals surface area contributed by atoms with Crippen molar-refractivity contribution < 1.29 is 13.0 Å². The number of hydrogen-bond acceptors (Lipinski definition) is 2. The van der Waals surface area contributed by atoms with Gasteiger partial charge in [0.2, 0.25) is 0 Å². The van der Waals surface area contributed by atoms with Crippen LogP contribution in [0.4, 0.5) is 0 Å². The van der Waals surface area contributed by atoms with Crippen LogP contribution in [0.3, 0.4) is 0 Å². The summed E-state index contributed by atoms with van der Waals surface area (Å²) < 4.78 is 30.5. The molecule has 0 unspecified atom stereocenters. The molecular formula is C16H35O3SSi. The van der Waals surface area contributed by atoms with Gasteiger partial charge in [-0.15, -0.1) is 0 Å². The summed E-state index contributed by atoms with van der Waals surface area (Å²) in [5, 5.41) is 0. The molecule has 0 bridgehead atoms. The first-order valence-electron chi connectivity index (χ1n) is 8.25. The lowest BCUT2D eigenvalue weighted by atomic mass is 10.2. The number of rotatable bonds is 11. The molecule has 0 spiro atoms. The Kier molecular flexibility index (Phi) is 9.36. The molecule has 0 heterocycles. The maximum atomic E-state index is 10.8. The van der Waals surface area contributed by atoms with E-state index >= 15 is 0 Å². The molecular weight excluding hydrogens is 300 g/mol. The predicted molar refractivity (Wildman–Crippen MR) is 94.6 cm³/mol. The monoisotopic (exact) mass is 335 g/mol. The molecule has 0 rings (SSSR count). The summed E-state index contributed by atoms with van der Waals surface area (Å²) in [5.41, 5.74) is 0. The minimum absolute atomic E-state index is 0.112. The fourth-order valence-electron chi connectivity index (χ4n) is 3.61. The lowest BCUT2D eigenvalue weighted by molar-refractivity contribution is 0.481. The molecule has 1 N–H and O–H groups in total. The normalized spacial score (nSPS) is 13.6. The molecule has 0 saturated heterocycles. The third-order valence-corrected chi connectivity index (χ3v) is 10.5. The Morgan fingerprint density at radius 1 is 0.905 bits per heavy atom. The van der Waals surface area contributed by atoms with Gasteiger partial charge in [-0.05, 0) is 30.2 Å². The van der Waals surface area contributed by atoms with Crippen molar-refractivity contribution in [2.45, 2.75) is 72.5 Å². The largest absolute Gasteiger partial charge is 0.286 e. The molecule has 0 aromatic heterocycles. The van der Waals surface area contributed by atoms with Gasteiger partial charge >= 0.3 is 0 Å². The zero-order valence-electron chi connectivity index (χ0n) is 14.7. The Morgan fingerprint density at radius 3 is 1.57 bits per heavy atom. The van der Waals surface area contributed by atoms with Crippen molar-refractivity contribution in [3.8, 4) is 0 Å². The second kappa shape index (κ2) is 9.31. The van der Waals surface area contributed by atoms with Crippen molar-refractivity contribution in [1.29, 1.82) is 0 Å². The smallest absolute Gasteiger partial charge is 0.264 e. The third kappa shape index (κ3) is 11.4. The van der Waals surface area contributed by atoms with Gasteiger partial charge in [-0.3, -0.25) is 4.55 Å². The van der Waals surface area contributed by atoms with E-state index in [9.17, 15) is 8.42 Å². The molecule has 127 valence electrons. The van der Waals surface area contributed by atoms with E-state index in [0.29, 0.717) is 24.2 Å². The van der Waals surface area contributed by atoms with Gasteiger partial charge in [0.25, 0.3) is 10.1 Å². The molecule has 0 aromatic rings. The van der Waals surface area contributed by atoms with E-state index in [1.165, 1.54) is 18.1 Å². The van der Waals surface area contributed by atoms with Gasteiger partial charge in [-0.2, -0.15) is 8.42 Å². The summed E-state index contributed by atoms with van der Waals surface area (Å²) >= 11 is 0. The van der Waals surface area contributed by atoms with Gasteiger partial charge in [0.1, 0.15) is 0 Å². The van der Waals surface area contributed by atoms with Crippen LogP contribution in [-0.2, 0) is 10.1 Å². The van der Waals surface area contributed by atoms with Gasteiger partial charge in [0.05, 0.1) is 13.8 Å². The SMILES string of the molecule is CC(C)C[Si]([CH]CCCS(=O)(=O)O)(CC(C)C)CC(C)C. The molecule has 0 fully saturated rings. The average Bonchev–Trinajstić information content (AvgIpc) is 2.19. The van der Waals surface area contributed by atoms with Gasteiger partial charge in [0, 0.05) is 0 Å². The van der Waals surface area contributed by atoms with Crippen LogP contribution in [0.25, 0.3) is 0 Å². The number of unbranched alkanes of at least 4 members (excludes halogenated alkanes) is 1. The summed E-state index contributed by atoms with van der Waals surface area (Å²) in [4.78, 5) is 0. The molecule has 0 aliphatic carbocycles. The molecule has 0 aromatic carbocycles. The highest BCUT2D eigenvalue weighted by Crippen LogP contribution is 2.35. The fraction of sp³-hybridized carbons (Fsp3) is 0.938. The van der Waals surface area contributed by atoms with Crippen LogP contribution in [-0.4, -0.2) is 26.8 Å². The second-order valence-corrected chi connectivity index (χ2v) is 13.7. The highest BCUT2D eigenvalue weighted by atomic mass is 32.2. The molecule has 0 atom stereocenters. The van der Waals surface area contributed by atoms with E-state index in [1.807, 2.05) is 0 Å². The van der Waals surface area contributed by atoms with Crippen molar-refractivity contribution in [2.75, 3.05) is 5.75 Å². The third-order valence-electron chi connectivity index (χ3n) is 3.63. The first-order valence-corrected chi connectivity index (χ1v) is 12.6. The van der Waals surface area contributed by atoms with Gasteiger partial charge in [-0.25, -0.2) is 0 Å². The average molecular weight is 336 g/mol. The van der Waals surface area contributed by atoms with Crippen molar-refractivity contribution >= 4 is 18.2 Å². The molecule has 0 aliphatic rings. The minimum Gasteiger partial charge on any atom is -0.286 e. The van der Waals surface area contributed by atoms with Crippen LogP contribution >= 0.6 is 0 Å². The van der Waals surface area contributed by atoms with Crippen LogP contribution in [0.2, 0.25) is 18.1 Å². The summed E-state index contributed by atoms with van der Waals surface area (Å²) in [6.07, 6.45) is 1.36. The van der Waals surface area contributed by atoms with Gasteiger partial charge in [0.15, 0.2) is 0 Å². The van der Waals surface area contributed by atoms with Crippen molar-refractivity contribution in [1.82, 2.24) is 0 Å². The van der Waals surface area contributed by atoms with E-state index in [4.69, 9.17) is 4.55 Å².